The maximum absolute atomic E-state index is 12.9. The highest BCUT2D eigenvalue weighted by Gasteiger charge is 2.35. The molecule has 0 spiro atoms. The van der Waals surface area contributed by atoms with Crippen LogP contribution in [0.3, 0.4) is 0 Å². The first kappa shape index (κ1) is 19.3. The lowest BCUT2D eigenvalue weighted by Gasteiger charge is -2.22. The second-order valence-electron chi connectivity index (χ2n) is 6.60. The molecular weight excluding hydrogens is 390 g/mol. The molecule has 1 N–H and O–H groups in total. The molecule has 1 saturated heterocycles. The van der Waals surface area contributed by atoms with E-state index in [1.165, 1.54) is 0 Å². The van der Waals surface area contributed by atoms with Crippen LogP contribution in [0.5, 0.6) is 0 Å². The summed E-state index contributed by atoms with van der Waals surface area (Å²) in [6.07, 6.45) is -1.24. The minimum atomic E-state index is -1.24. The molecule has 7 heteroatoms. The Labute approximate surface area is 171 Å². The summed E-state index contributed by atoms with van der Waals surface area (Å²) in [5, 5.41) is 5.74. The van der Waals surface area contributed by atoms with Crippen molar-refractivity contribution >= 4 is 50.5 Å². The maximum Gasteiger partial charge on any atom is 0.352 e. The summed E-state index contributed by atoms with van der Waals surface area (Å²) in [5.74, 6) is -1.03. The predicted molar refractivity (Wildman–Crippen MR) is 112 cm³/mol. The van der Waals surface area contributed by atoms with Crippen LogP contribution < -0.4 is 5.32 Å². The monoisotopic (exact) mass is 409 g/mol. The van der Waals surface area contributed by atoms with Crippen LogP contribution in [-0.4, -0.2) is 35.6 Å². The first-order valence-corrected chi connectivity index (χ1v) is 10.3. The number of ether oxygens (including phenoxy) is 2. The van der Waals surface area contributed by atoms with Crippen molar-refractivity contribution in [2.75, 3.05) is 12.4 Å². The van der Waals surface area contributed by atoms with Gasteiger partial charge in [-0.15, -0.1) is 0 Å². The van der Waals surface area contributed by atoms with Crippen molar-refractivity contribution in [3.05, 3.63) is 60.2 Å². The zero-order valence-corrected chi connectivity index (χ0v) is 16.5. The van der Waals surface area contributed by atoms with Gasteiger partial charge in [-0.3, -0.25) is 4.79 Å². The van der Waals surface area contributed by atoms with Gasteiger partial charge in [-0.25, -0.2) is 9.59 Å². The molecule has 6 nitrogen and oxygen atoms in total. The first-order chi connectivity index (χ1) is 14.1. The van der Waals surface area contributed by atoms with Crippen LogP contribution in [0.15, 0.2) is 54.6 Å². The van der Waals surface area contributed by atoms with Crippen molar-refractivity contribution in [3.8, 4) is 0 Å². The Balaban J connectivity index is 1.85. The minimum absolute atomic E-state index is 0.158. The molecule has 148 valence electrons. The van der Waals surface area contributed by atoms with Gasteiger partial charge in [0.15, 0.2) is 0 Å². The van der Waals surface area contributed by atoms with E-state index in [2.05, 4.69) is 5.32 Å². The Morgan fingerprint density at radius 2 is 1.72 bits per heavy atom. The number of carbonyl (C=O) groups is 3. The number of rotatable bonds is 5. The molecule has 1 aliphatic heterocycles. The molecule has 3 aromatic rings. The van der Waals surface area contributed by atoms with Crippen molar-refractivity contribution in [2.45, 2.75) is 19.1 Å². The molecule has 0 radical (unpaired) electrons. The van der Waals surface area contributed by atoms with Gasteiger partial charge < -0.3 is 14.8 Å². The number of fused-ring (bicyclic) bond motifs is 2. The van der Waals surface area contributed by atoms with Crippen molar-refractivity contribution in [2.24, 2.45) is 0 Å². The van der Waals surface area contributed by atoms with E-state index < -0.39 is 24.1 Å². The van der Waals surface area contributed by atoms with Crippen LogP contribution in [0.1, 0.15) is 18.6 Å². The van der Waals surface area contributed by atoms with E-state index in [0.29, 0.717) is 5.56 Å². The summed E-state index contributed by atoms with van der Waals surface area (Å²) in [5.41, 5.74) is 0.586. The Kier molecular flexibility index (Phi) is 5.40. The predicted octanol–water partition coefficient (Wildman–Crippen LogP) is 3.97. The number of hydrogen-bond acceptors (Lipinski definition) is 6. The third-order valence-electron chi connectivity index (χ3n) is 4.77. The molecule has 0 aromatic heterocycles. The van der Waals surface area contributed by atoms with Crippen molar-refractivity contribution in [1.29, 1.82) is 0 Å². The molecule has 29 heavy (non-hydrogen) atoms. The number of amides is 1. The molecule has 3 aromatic carbocycles. The van der Waals surface area contributed by atoms with Gasteiger partial charge in [0, 0.05) is 11.3 Å². The molecule has 1 amide bonds. The van der Waals surface area contributed by atoms with Crippen molar-refractivity contribution in [1.82, 2.24) is 5.32 Å². The fraction of sp³-hybridized carbons (Fsp3) is 0.227. The number of nitrogens with one attached hydrogen (secondary N) is 1. The highest BCUT2D eigenvalue weighted by atomic mass is 32.2. The summed E-state index contributed by atoms with van der Waals surface area (Å²) < 4.78 is 10.9. The zero-order chi connectivity index (χ0) is 20.4. The van der Waals surface area contributed by atoms with E-state index in [0.717, 1.165) is 33.3 Å². The third kappa shape index (κ3) is 3.78. The van der Waals surface area contributed by atoms with Gasteiger partial charge >= 0.3 is 11.9 Å². The number of benzene rings is 3. The normalized spacial score (nSPS) is 17.1. The molecule has 2 atom stereocenters. The van der Waals surface area contributed by atoms with Crippen LogP contribution >= 0.6 is 11.8 Å². The highest BCUT2D eigenvalue weighted by molar-refractivity contribution is 8.14. The fourth-order valence-corrected chi connectivity index (χ4v) is 4.25. The Bertz CT molecular complexity index is 1060. The van der Waals surface area contributed by atoms with Crippen molar-refractivity contribution in [3.63, 3.8) is 0 Å². The molecule has 1 aliphatic rings. The second-order valence-corrected chi connectivity index (χ2v) is 7.59. The number of thioether (sulfide) groups is 1. The minimum Gasteiger partial charge on any atom is -0.463 e. The summed E-state index contributed by atoms with van der Waals surface area (Å²) in [6, 6.07) is 16.5. The maximum atomic E-state index is 12.9. The van der Waals surface area contributed by atoms with Gasteiger partial charge in [-0.05, 0) is 34.5 Å². The topological polar surface area (TPSA) is 81.7 Å². The van der Waals surface area contributed by atoms with E-state index in [1.807, 2.05) is 54.6 Å². The number of carbonyl (C=O) groups excluding carboxylic acids is 3. The van der Waals surface area contributed by atoms with E-state index in [1.54, 1.807) is 6.92 Å². The van der Waals surface area contributed by atoms with E-state index in [4.69, 9.17) is 9.47 Å². The molecule has 0 saturated carbocycles. The molecule has 0 unspecified atom stereocenters. The molecule has 4 rings (SSSR count). The quantitative estimate of drug-likeness (QED) is 0.507. The zero-order valence-electron chi connectivity index (χ0n) is 15.7. The first-order valence-electron chi connectivity index (χ1n) is 9.29. The average Bonchev–Trinajstić information content (AvgIpc) is 3.17. The Morgan fingerprint density at radius 1 is 1.10 bits per heavy atom. The highest BCUT2D eigenvalue weighted by Crippen LogP contribution is 2.35. The second kappa shape index (κ2) is 8.13. The Morgan fingerprint density at radius 3 is 2.28 bits per heavy atom. The number of hydrogen-bond donors (Lipinski definition) is 1. The van der Waals surface area contributed by atoms with E-state index >= 15 is 0 Å². The summed E-state index contributed by atoms with van der Waals surface area (Å²) in [7, 11) is 0. The lowest BCUT2D eigenvalue weighted by Crippen LogP contribution is -2.38. The SMILES string of the molecule is CCOC(=O)[C@H](OC(=O)[C@@H]1CSC(=O)N1)c1c2ccccc2cc2ccccc12. The fourth-order valence-electron chi connectivity index (χ4n) is 3.48. The summed E-state index contributed by atoms with van der Waals surface area (Å²) in [6.45, 7) is 1.86. The van der Waals surface area contributed by atoms with Crippen molar-refractivity contribution < 1.29 is 23.9 Å². The Hall–Kier alpha value is -3.06. The third-order valence-corrected chi connectivity index (χ3v) is 5.65. The van der Waals surface area contributed by atoms with Gasteiger partial charge in [-0.1, -0.05) is 60.3 Å². The van der Waals surface area contributed by atoms with Gasteiger partial charge in [0.2, 0.25) is 6.10 Å². The lowest BCUT2D eigenvalue weighted by atomic mass is 9.93. The van der Waals surface area contributed by atoms with Crippen LogP contribution in [0.25, 0.3) is 21.5 Å². The van der Waals surface area contributed by atoms with Crippen LogP contribution in [0.2, 0.25) is 0 Å². The van der Waals surface area contributed by atoms with Crippen LogP contribution in [0, 0.1) is 0 Å². The summed E-state index contributed by atoms with van der Waals surface area (Å²) >= 11 is 1.01. The van der Waals surface area contributed by atoms with Gasteiger partial charge in [0.05, 0.1) is 6.61 Å². The van der Waals surface area contributed by atoms with Crippen LogP contribution in [-0.2, 0) is 19.1 Å². The molecule has 0 aliphatic carbocycles. The number of esters is 2. The average molecular weight is 409 g/mol. The van der Waals surface area contributed by atoms with E-state index in [-0.39, 0.29) is 17.6 Å². The molecule has 1 fully saturated rings. The standard InChI is InChI=1S/C22H19NO5S/c1-2-27-21(25)19(28-20(24)17-12-29-22(26)23-17)18-15-9-5-3-7-13(15)11-14-8-4-6-10-16(14)18/h3-11,17,19H,2,12H2,1H3,(H,23,26)/t17-,19+/m0/s1. The van der Waals surface area contributed by atoms with Crippen LogP contribution in [0.4, 0.5) is 4.79 Å². The molecule has 0 bridgehead atoms. The van der Waals surface area contributed by atoms with Gasteiger partial charge in [0.1, 0.15) is 6.04 Å². The van der Waals surface area contributed by atoms with Gasteiger partial charge in [0.25, 0.3) is 5.24 Å². The smallest absolute Gasteiger partial charge is 0.352 e. The largest absolute Gasteiger partial charge is 0.463 e. The van der Waals surface area contributed by atoms with E-state index in [9.17, 15) is 14.4 Å². The lowest BCUT2D eigenvalue weighted by molar-refractivity contribution is -0.168. The molecule has 1 heterocycles. The molecular formula is C22H19NO5S. The summed E-state index contributed by atoms with van der Waals surface area (Å²) in [4.78, 5) is 37.0. The van der Waals surface area contributed by atoms with Gasteiger partial charge in [-0.2, -0.15) is 0 Å².